The van der Waals surface area contributed by atoms with E-state index in [1.807, 2.05) is 30.3 Å². The number of esters is 3. The van der Waals surface area contributed by atoms with Crippen molar-refractivity contribution in [2.45, 2.75) is 78.4 Å². The number of hydrogen-bond acceptors (Lipinski definition) is 14. The molecular weight excluding hydrogens is 636 g/mol. The molecule has 0 bridgehead atoms. The summed E-state index contributed by atoms with van der Waals surface area (Å²) in [7, 11) is 0. The third kappa shape index (κ3) is 22.0. The van der Waals surface area contributed by atoms with Gasteiger partial charge in [-0.05, 0) is 18.9 Å². The quantitative estimate of drug-likeness (QED) is 0.0523. The first-order valence-electron chi connectivity index (χ1n) is 15.6. The highest BCUT2D eigenvalue weighted by molar-refractivity contribution is 5.77. The largest absolute Gasteiger partial charge is 0.463 e. The zero-order chi connectivity index (χ0) is 35.7. The highest BCUT2D eigenvalue weighted by atomic mass is 16.7. The molecule has 1 aromatic carbocycles. The summed E-state index contributed by atoms with van der Waals surface area (Å²) in [5.41, 5.74) is 1.03. The van der Waals surface area contributed by atoms with Crippen molar-refractivity contribution in [3.8, 4) is 0 Å². The second-order valence-electron chi connectivity index (χ2n) is 10.6. The third-order valence-electron chi connectivity index (χ3n) is 6.14. The molecule has 0 spiro atoms. The van der Waals surface area contributed by atoms with Gasteiger partial charge in [-0.1, -0.05) is 30.3 Å². The summed E-state index contributed by atoms with van der Waals surface area (Å²) >= 11 is 0. The maximum Gasteiger partial charge on any atom is 0.303 e. The minimum Gasteiger partial charge on any atom is -0.463 e. The number of aliphatic hydroxyl groups is 1. The molecule has 0 saturated heterocycles. The van der Waals surface area contributed by atoms with Gasteiger partial charge >= 0.3 is 17.9 Å². The van der Waals surface area contributed by atoms with Crippen molar-refractivity contribution in [3.05, 3.63) is 35.9 Å². The smallest absolute Gasteiger partial charge is 0.303 e. The van der Waals surface area contributed by atoms with E-state index in [9.17, 15) is 29.1 Å². The van der Waals surface area contributed by atoms with Gasteiger partial charge in [-0.15, -0.1) is 0 Å². The Morgan fingerprint density at radius 3 is 2.08 bits per heavy atom. The van der Waals surface area contributed by atoms with E-state index in [0.29, 0.717) is 26.2 Å². The van der Waals surface area contributed by atoms with Gasteiger partial charge in [-0.3, -0.25) is 24.0 Å². The van der Waals surface area contributed by atoms with Crippen LogP contribution in [0.25, 0.3) is 0 Å². The number of carbonyl (C=O) groups is 5. The Balaban J connectivity index is 2.44. The van der Waals surface area contributed by atoms with Crippen LogP contribution >= 0.6 is 0 Å². The Morgan fingerprint density at radius 2 is 1.46 bits per heavy atom. The summed E-state index contributed by atoms with van der Waals surface area (Å²) in [6.07, 6.45) is -4.94. The van der Waals surface area contributed by atoms with Crippen molar-refractivity contribution in [1.82, 2.24) is 10.6 Å². The second kappa shape index (κ2) is 25.4. The first kappa shape index (κ1) is 42.4. The molecule has 0 aliphatic rings. The molecule has 0 radical (unpaired) electrons. The van der Waals surface area contributed by atoms with Gasteiger partial charge in [0.05, 0.1) is 45.7 Å². The lowest BCUT2D eigenvalue weighted by molar-refractivity contribution is -0.222. The van der Waals surface area contributed by atoms with E-state index in [2.05, 4.69) is 10.6 Å². The van der Waals surface area contributed by atoms with Crippen LogP contribution in [0.3, 0.4) is 0 Å². The molecular formula is C32H50N2O14. The molecule has 2 amide bonds. The van der Waals surface area contributed by atoms with Crippen LogP contribution in [0.5, 0.6) is 0 Å². The minimum atomic E-state index is -1.26. The summed E-state index contributed by atoms with van der Waals surface area (Å²) in [6.45, 7) is 6.98. The molecule has 0 aliphatic heterocycles. The molecule has 1 aromatic rings. The molecule has 0 saturated carbocycles. The van der Waals surface area contributed by atoms with Gasteiger partial charge in [0.25, 0.3) is 0 Å². The van der Waals surface area contributed by atoms with Crippen molar-refractivity contribution in [2.75, 3.05) is 59.3 Å². The van der Waals surface area contributed by atoms with Crippen molar-refractivity contribution in [2.24, 2.45) is 0 Å². The molecule has 0 aromatic heterocycles. The van der Waals surface area contributed by atoms with E-state index in [1.165, 1.54) is 20.8 Å². The number of nitrogens with one attached hydrogen (secondary N) is 2. The fourth-order valence-corrected chi connectivity index (χ4v) is 3.97. The van der Waals surface area contributed by atoms with Gasteiger partial charge < -0.3 is 53.6 Å². The second-order valence-corrected chi connectivity index (χ2v) is 10.6. The normalized spacial score (nSPS) is 14.1. The Hall–Kier alpha value is -3.67. The Bertz CT molecular complexity index is 1090. The molecule has 272 valence electrons. The summed E-state index contributed by atoms with van der Waals surface area (Å²) < 4.78 is 43.4. The molecule has 3 N–H and O–H groups in total. The number of rotatable bonds is 26. The van der Waals surface area contributed by atoms with Gasteiger partial charge in [0.15, 0.2) is 12.4 Å². The van der Waals surface area contributed by atoms with Gasteiger partial charge in [-0.2, -0.15) is 0 Å². The predicted octanol–water partition coefficient (Wildman–Crippen LogP) is 0.414. The van der Waals surface area contributed by atoms with Crippen LogP contribution in [0, 0.1) is 0 Å². The van der Waals surface area contributed by atoms with Crippen LogP contribution < -0.4 is 10.6 Å². The highest BCUT2D eigenvalue weighted by Gasteiger charge is 2.36. The predicted molar refractivity (Wildman–Crippen MR) is 168 cm³/mol. The average Bonchev–Trinajstić information content (AvgIpc) is 3.02. The Labute approximate surface area is 281 Å². The summed E-state index contributed by atoms with van der Waals surface area (Å²) in [4.78, 5) is 58.8. The fourth-order valence-electron chi connectivity index (χ4n) is 3.97. The molecule has 5 atom stereocenters. The SMILES string of the molecule is CC(=O)NC[C@H](OCC(=O)NCCOCCOCC[C@H](O)COCc1ccccc1)O[C@H](COC(C)=O)[C@H](OC(C)=O)[C@@H](C)OC(C)=O. The molecule has 0 unspecified atom stereocenters. The number of ether oxygens (including phenoxy) is 8. The standard InChI is InChI=1S/C32H50N2O14/c1-22(46-25(4)37)32(47-26(5)38)29(20-44-24(3)36)48-31(17-34-23(2)35)45-21-30(40)33-12-14-42-16-15-41-13-11-28(39)19-43-18-27-9-7-6-8-10-27/h6-10,22,28-29,31-32,39H,11-21H2,1-5H3,(H,33,40)(H,34,35)/t22-,28+,29-,31-,32-/m1/s1. The first-order valence-corrected chi connectivity index (χ1v) is 15.6. The van der Waals surface area contributed by atoms with Crippen LogP contribution in [0.1, 0.15) is 46.6 Å². The summed E-state index contributed by atoms with van der Waals surface area (Å²) in [6, 6.07) is 9.67. The van der Waals surface area contributed by atoms with E-state index in [0.717, 1.165) is 19.4 Å². The highest BCUT2D eigenvalue weighted by Crippen LogP contribution is 2.16. The number of benzene rings is 1. The summed E-state index contributed by atoms with van der Waals surface area (Å²) in [5, 5.41) is 15.1. The van der Waals surface area contributed by atoms with Crippen LogP contribution in [0.4, 0.5) is 0 Å². The van der Waals surface area contributed by atoms with Crippen LogP contribution in [-0.4, -0.2) is 125 Å². The van der Waals surface area contributed by atoms with Crippen molar-refractivity contribution >= 4 is 29.7 Å². The van der Waals surface area contributed by atoms with E-state index in [-0.39, 0.29) is 32.9 Å². The van der Waals surface area contributed by atoms with Gasteiger partial charge in [0, 0.05) is 40.8 Å². The van der Waals surface area contributed by atoms with Gasteiger partial charge in [-0.25, -0.2) is 0 Å². The number of aliphatic hydroxyl groups excluding tert-OH is 1. The average molecular weight is 687 g/mol. The molecule has 16 heteroatoms. The lowest BCUT2D eigenvalue weighted by Crippen LogP contribution is -2.49. The van der Waals surface area contributed by atoms with E-state index in [1.54, 1.807) is 0 Å². The van der Waals surface area contributed by atoms with Crippen LogP contribution in [0.2, 0.25) is 0 Å². The molecule has 0 heterocycles. The van der Waals surface area contributed by atoms with Crippen LogP contribution in [-0.2, 0) is 68.5 Å². The minimum absolute atomic E-state index is 0.167. The fraction of sp³-hybridized carbons (Fsp3) is 0.656. The van der Waals surface area contributed by atoms with Gasteiger partial charge in [0.2, 0.25) is 11.8 Å². The molecule has 48 heavy (non-hydrogen) atoms. The molecule has 16 nitrogen and oxygen atoms in total. The first-order chi connectivity index (χ1) is 22.9. The maximum atomic E-state index is 12.4. The van der Waals surface area contributed by atoms with Crippen molar-refractivity contribution in [1.29, 1.82) is 0 Å². The van der Waals surface area contributed by atoms with Crippen molar-refractivity contribution < 1.29 is 67.0 Å². The summed E-state index contributed by atoms with van der Waals surface area (Å²) in [5.74, 6) is -2.96. The number of amides is 2. The topological polar surface area (TPSA) is 203 Å². The molecule has 1 rings (SSSR count). The van der Waals surface area contributed by atoms with Gasteiger partial charge in [0.1, 0.15) is 25.4 Å². The van der Waals surface area contributed by atoms with E-state index < -0.39 is 73.6 Å². The maximum absolute atomic E-state index is 12.4. The number of hydrogen-bond donors (Lipinski definition) is 3. The number of carbonyl (C=O) groups excluding carboxylic acids is 5. The van der Waals surface area contributed by atoms with Crippen molar-refractivity contribution in [3.63, 3.8) is 0 Å². The monoisotopic (exact) mass is 686 g/mol. The van der Waals surface area contributed by atoms with Crippen LogP contribution in [0.15, 0.2) is 30.3 Å². The Kier molecular flexibility index (Phi) is 22.4. The lowest BCUT2D eigenvalue weighted by atomic mass is 10.1. The van der Waals surface area contributed by atoms with E-state index in [4.69, 9.17) is 37.9 Å². The Morgan fingerprint density at radius 1 is 0.792 bits per heavy atom. The molecule has 0 aliphatic carbocycles. The zero-order valence-corrected chi connectivity index (χ0v) is 28.3. The zero-order valence-electron chi connectivity index (χ0n) is 28.3. The third-order valence-corrected chi connectivity index (χ3v) is 6.14. The van der Waals surface area contributed by atoms with E-state index >= 15 is 0 Å². The lowest BCUT2D eigenvalue weighted by Gasteiger charge is -2.32. The molecule has 0 fully saturated rings.